The number of carbonyl (C=O) groups is 3. The number of piperidine rings is 1. The van der Waals surface area contributed by atoms with Crippen LogP contribution >= 0.6 is 0 Å². The predicted octanol–water partition coefficient (Wildman–Crippen LogP) is 4.41. The highest BCUT2D eigenvalue weighted by atomic mass is 19.4. The topological polar surface area (TPSA) is 104 Å². The standard InChI is InChI=1S/C28H27F3N2O8/c1-37-20-6-2-18(3-7-20)22(38-21-8-4-19(5-9-21)28(29,30)31)12-15-32-16-13-27(14-17-32)25-33(26(36)40-27)41-24(35)11-10-23(34)39-25/h2-11,22,25H,12-17H2,1H3/b11-10+. The molecule has 0 aliphatic carbocycles. The quantitative estimate of drug-likeness (QED) is 0.444. The first-order valence-corrected chi connectivity index (χ1v) is 12.9. The molecule has 2 aromatic rings. The summed E-state index contributed by atoms with van der Waals surface area (Å²) in [7, 11) is 1.55. The van der Waals surface area contributed by atoms with Crippen LogP contribution < -0.4 is 9.47 Å². The van der Waals surface area contributed by atoms with Crippen LogP contribution in [-0.2, 0) is 30.1 Å². The van der Waals surface area contributed by atoms with Crippen molar-refractivity contribution in [1.82, 2.24) is 9.96 Å². The smallest absolute Gasteiger partial charge is 0.447 e. The number of ether oxygens (including phenoxy) is 4. The van der Waals surface area contributed by atoms with Crippen molar-refractivity contribution < 1.29 is 51.3 Å². The number of likely N-dealkylation sites (tertiary alicyclic amines) is 1. The van der Waals surface area contributed by atoms with Gasteiger partial charge in [0.25, 0.3) is 6.23 Å². The minimum Gasteiger partial charge on any atom is -0.497 e. The van der Waals surface area contributed by atoms with Gasteiger partial charge in [0.2, 0.25) is 0 Å². The van der Waals surface area contributed by atoms with Gasteiger partial charge in [0.15, 0.2) is 5.60 Å². The van der Waals surface area contributed by atoms with E-state index in [-0.39, 0.29) is 0 Å². The van der Waals surface area contributed by atoms with E-state index in [9.17, 15) is 27.6 Å². The molecule has 0 radical (unpaired) electrons. The van der Waals surface area contributed by atoms with Crippen molar-refractivity contribution >= 4 is 18.0 Å². The first-order valence-electron chi connectivity index (χ1n) is 12.9. The number of hydrogen-bond acceptors (Lipinski definition) is 9. The minimum absolute atomic E-state index is 0.295. The van der Waals surface area contributed by atoms with E-state index in [1.54, 1.807) is 19.2 Å². The first-order chi connectivity index (χ1) is 19.6. The molecule has 13 heteroatoms. The maximum absolute atomic E-state index is 13.0. The van der Waals surface area contributed by atoms with Crippen molar-refractivity contribution in [2.24, 2.45) is 0 Å². The Kier molecular flexibility index (Phi) is 7.80. The Morgan fingerprint density at radius 1 is 0.951 bits per heavy atom. The van der Waals surface area contributed by atoms with E-state index in [1.807, 2.05) is 12.1 Å². The van der Waals surface area contributed by atoms with Crippen LogP contribution in [0.4, 0.5) is 18.0 Å². The third-order valence-corrected chi connectivity index (χ3v) is 7.26. The fraction of sp³-hybridized carbons (Fsp3) is 0.393. The fourth-order valence-corrected chi connectivity index (χ4v) is 5.03. The molecule has 0 saturated carbocycles. The van der Waals surface area contributed by atoms with E-state index in [0.29, 0.717) is 55.5 Å². The van der Waals surface area contributed by atoms with Crippen molar-refractivity contribution in [1.29, 1.82) is 0 Å². The number of benzene rings is 2. The van der Waals surface area contributed by atoms with E-state index < -0.39 is 47.7 Å². The van der Waals surface area contributed by atoms with E-state index in [2.05, 4.69) is 4.90 Å². The highest BCUT2D eigenvalue weighted by Crippen LogP contribution is 2.40. The van der Waals surface area contributed by atoms with E-state index in [0.717, 1.165) is 29.8 Å². The number of hydrogen-bond donors (Lipinski definition) is 0. The van der Waals surface area contributed by atoms with Gasteiger partial charge in [-0.15, -0.1) is 0 Å². The highest BCUT2D eigenvalue weighted by molar-refractivity contribution is 5.93. The Morgan fingerprint density at radius 3 is 2.22 bits per heavy atom. The summed E-state index contributed by atoms with van der Waals surface area (Å²) in [5.41, 5.74) is -1.13. The number of carbonyl (C=O) groups excluding carboxylic acids is 3. The molecule has 2 saturated heterocycles. The monoisotopic (exact) mass is 576 g/mol. The molecule has 3 aliphatic heterocycles. The predicted molar refractivity (Wildman–Crippen MR) is 134 cm³/mol. The molecule has 1 amide bonds. The molecule has 0 bridgehead atoms. The van der Waals surface area contributed by atoms with Crippen LogP contribution in [0.1, 0.15) is 36.5 Å². The zero-order chi connectivity index (χ0) is 29.2. The Balaban J connectivity index is 1.25. The van der Waals surface area contributed by atoms with Gasteiger partial charge in [-0.05, 0) is 42.0 Å². The molecule has 5 rings (SSSR count). The lowest BCUT2D eigenvalue weighted by atomic mass is 9.89. The van der Waals surface area contributed by atoms with Gasteiger partial charge in [0.1, 0.15) is 17.6 Å². The molecular formula is C28H27F3N2O8. The fourth-order valence-electron chi connectivity index (χ4n) is 5.03. The molecule has 1 spiro atoms. The second kappa shape index (κ2) is 11.3. The molecular weight excluding hydrogens is 549 g/mol. The Bertz CT molecular complexity index is 1310. The number of hydroxylamine groups is 2. The molecule has 41 heavy (non-hydrogen) atoms. The molecule has 2 atom stereocenters. The number of methoxy groups -OCH3 is 1. The van der Waals surface area contributed by atoms with Crippen LogP contribution in [0.3, 0.4) is 0 Å². The Morgan fingerprint density at radius 2 is 1.59 bits per heavy atom. The van der Waals surface area contributed by atoms with Crippen LogP contribution in [-0.4, -0.2) is 66.6 Å². The van der Waals surface area contributed by atoms with Crippen molar-refractivity contribution in [3.05, 3.63) is 71.8 Å². The zero-order valence-electron chi connectivity index (χ0n) is 22.0. The van der Waals surface area contributed by atoms with Gasteiger partial charge in [0, 0.05) is 51.0 Å². The number of alkyl halides is 3. The normalized spacial score (nSPS) is 22.1. The number of nitrogens with zero attached hydrogens (tertiary/aromatic N) is 2. The molecule has 10 nitrogen and oxygen atoms in total. The first kappa shape index (κ1) is 28.3. The van der Waals surface area contributed by atoms with Crippen molar-refractivity contribution in [3.8, 4) is 11.5 Å². The maximum atomic E-state index is 13.0. The molecule has 3 heterocycles. The Labute approximate surface area is 233 Å². The summed E-state index contributed by atoms with van der Waals surface area (Å²) >= 11 is 0. The van der Waals surface area contributed by atoms with E-state index >= 15 is 0 Å². The van der Waals surface area contributed by atoms with Crippen LogP contribution in [0.2, 0.25) is 0 Å². The molecule has 3 aliphatic rings. The lowest BCUT2D eigenvalue weighted by Crippen LogP contribution is -2.54. The lowest BCUT2D eigenvalue weighted by molar-refractivity contribution is -0.222. The SMILES string of the molecule is COc1ccc(C(CCN2CCC3(CC2)OC(=O)N2OC(=O)/C=C/C(=O)OC23)Oc2ccc(C(F)(F)F)cc2)cc1. The van der Waals surface area contributed by atoms with E-state index in [1.165, 1.54) is 12.1 Å². The number of rotatable bonds is 7. The molecule has 0 N–H and O–H groups in total. The van der Waals surface area contributed by atoms with Gasteiger partial charge in [-0.25, -0.2) is 14.4 Å². The second-order valence-corrected chi connectivity index (χ2v) is 9.82. The van der Waals surface area contributed by atoms with Crippen molar-refractivity contribution in [2.45, 2.75) is 43.4 Å². The summed E-state index contributed by atoms with van der Waals surface area (Å²) in [6, 6.07) is 11.8. The summed E-state index contributed by atoms with van der Waals surface area (Å²) in [4.78, 5) is 43.5. The number of fused-ring (bicyclic) bond motifs is 2. The maximum Gasteiger partial charge on any atom is 0.447 e. The van der Waals surface area contributed by atoms with Crippen LogP contribution in [0, 0.1) is 0 Å². The number of halogens is 3. The summed E-state index contributed by atoms with van der Waals surface area (Å²) in [6.07, 6.45) is -4.15. The molecule has 2 unspecified atom stereocenters. The third kappa shape index (κ3) is 6.24. The summed E-state index contributed by atoms with van der Waals surface area (Å²) in [5, 5.41) is 0.664. The van der Waals surface area contributed by atoms with Crippen LogP contribution in [0.15, 0.2) is 60.7 Å². The third-order valence-electron chi connectivity index (χ3n) is 7.26. The van der Waals surface area contributed by atoms with Gasteiger partial charge in [-0.3, -0.25) is 0 Å². The average Bonchev–Trinajstić information content (AvgIpc) is 3.18. The zero-order valence-corrected chi connectivity index (χ0v) is 22.0. The van der Waals surface area contributed by atoms with E-state index in [4.69, 9.17) is 23.8 Å². The van der Waals surface area contributed by atoms with Gasteiger partial charge in [-0.1, -0.05) is 17.2 Å². The summed E-state index contributed by atoms with van der Waals surface area (Å²) in [6.45, 7) is 1.48. The second-order valence-electron chi connectivity index (χ2n) is 9.82. The van der Waals surface area contributed by atoms with Crippen LogP contribution in [0.5, 0.6) is 11.5 Å². The largest absolute Gasteiger partial charge is 0.497 e. The lowest BCUT2D eigenvalue weighted by Gasteiger charge is -2.40. The Hall–Kier alpha value is -4.26. The molecule has 2 aromatic carbocycles. The summed E-state index contributed by atoms with van der Waals surface area (Å²) < 4.78 is 61.4. The highest BCUT2D eigenvalue weighted by Gasteiger charge is 2.59. The van der Waals surface area contributed by atoms with Crippen LogP contribution in [0.25, 0.3) is 0 Å². The molecule has 2 fully saturated rings. The minimum atomic E-state index is -4.45. The van der Waals surface area contributed by atoms with Gasteiger partial charge in [-0.2, -0.15) is 13.2 Å². The van der Waals surface area contributed by atoms with Gasteiger partial charge < -0.3 is 28.7 Å². The summed E-state index contributed by atoms with van der Waals surface area (Å²) in [5.74, 6) is -0.737. The van der Waals surface area contributed by atoms with Gasteiger partial charge >= 0.3 is 24.2 Å². The van der Waals surface area contributed by atoms with Crippen molar-refractivity contribution in [3.63, 3.8) is 0 Å². The average molecular weight is 577 g/mol. The number of amides is 1. The molecule has 0 aromatic heterocycles. The van der Waals surface area contributed by atoms with Crippen molar-refractivity contribution in [2.75, 3.05) is 26.7 Å². The molecule has 218 valence electrons. The number of esters is 1. The van der Waals surface area contributed by atoms with Gasteiger partial charge in [0.05, 0.1) is 12.7 Å².